The Kier molecular flexibility index (Phi) is 5.64. The third kappa shape index (κ3) is 6.05. The van der Waals surface area contributed by atoms with Crippen LogP contribution in [0.3, 0.4) is 0 Å². The van der Waals surface area contributed by atoms with Crippen LogP contribution >= 0.6 is 0 Å². The molecule has 0 rings (SSSR count). The van der Waals surface area contributed by atoms with Crippen LogP contribution in [0.1, 0.15) is 39.5 Å². The van der Waals surface area contributed by atoms with Gasteiger partial charge in [0.15, 0.2) is 0 Å². The van der Waals surface area contributed by atoms with Crippen LogP contribution in [0.25, 0.3) is 0 Å². The Morgan fingerprint density at radius 3 is 2.50 bits per heavy atom. The van der Waals surface area contributed by atoms with Gasteiger partial charge in [-0.1, -0.05) is 19.8 Å². The molecule has 0 spiro atoms. The van der Waals surface area contributed by atoms with Gasteiger partial charge in [0, 0.05) is 6.04 Å². The molecule has 0 saturated heterocycles. The highest BCUT2D eigenvalue weighted by atomic mass is 16.3. The van der Waals surface area contributed by atoms with Crippen molar-refractivity contribution in [2.75, 3.05) is 0 Å². The first-order chi connectivity index (χ1) is 4.66. The van der Waals surface area contributed by atoms with Crippen LogP contribution in [0, 0.1) is 0 Å². The maximum absolute atomic E-state index is 8.94. The van der Waals surface area contributed by atoms with Gasteiger partial charge in [0.1, 0.15) is 0 Å². The Hall–Kier alpha value is -0.0800. The molecule has 0 aliphatic rings. The van der Waals surface area contributed by atoms with E-state index in [1.807, 2.05) is 0 Å². The van der Waals surface area contributed by atoms with Crippen LogP contribution in [0.15, 0.2) is 0 Å². The molecule has 0 fully saturated rings. The first-order valence-electron chi connectivity index (χ1n) is 4.10. The summed E-state index contributed by atoms with van der Waals surface area (Å²) in [5.74, 6) is 0. The lowest BCUT2D eigenvalue weighted by molar-refractivity contribution is 0.172. The Labute approximate surface area is 63.4 Å². The molecule has 62 valence electrons. The van der Waals surface area contributed by atoms with Gasteiger partial charge >= 0.3 is 0 Å². The highest BCUT2D eigenvalue weighted by Gasteiger charge is 2.04. The number of hydrogen-bond acceptors (Lipinski definition) is 2. The van der Waals surface area contributed by atoms with E-state index in [9.17, 15) is 0 Å². The van der Waals surface area contributed by atoms with E-state index < -0.39 is 0 Å². The fraction of sp³-hybridized carbons (Fsp3) is 1.00. The van der Waals surface area contributed by atoms with Gasteiger partial charge in [-0.15, -0.1) is 0 Å². The largest absolute Gasteiger partial charge is 0.393 e. The minimum Gasteiger partial charge on any atom is -0.393 e. The van der Waals surface area contributed by atoms with Crippen molar-refractivity contribution in [2.24, 2.45) is 5.73 Å². The fourth-order valence-electron chi connectivity index (χ4n) is 1.02. The molecule has 0 aromatic rings. The summed E-state index contributed by atoms with van der Waals surface area (Å²) in [7, 11) is 0. The normalized spacial score (nSPS) is 16.8. The van der Waals surface area contributed by atoms with Crippen molar-refractivity contribution in [3.63, 3.8) is 0 Å². The average molecular weight is 145 g/mol. The first-order valence-corrected chi connectivity index (χ1v) is 4.10. The van der Waals surface area contributed by atoms with Crippen molar-refractivity contribution >= 4 is 0 Å². The molecule has 10 heavy (non-hydrogen) atoms. The van der Waals surface area contributed by atoms with Gasteiger partial charge in [-0.2, -0.15) is 0 Å². The predicted octanol–water partition coefficient (Wildman–Crippen LogP) is 1.27. The predicted molar refractivity (Wildman–Crippen MR) is 43.8 cm³/mol. The summed E-state index contributed by atoms with van der Waals surface area (Å²) in [4.78, 5) is 0. The van der Waals surface area contributed by atoms with E-state index in [0.717, 1.165) is 12.8 Å². The van der Waals surface area contributed by atoms with Gasteiger partial charge in [-0.25, -0.2) is 0 Å². The standard InChI is InChI=1S/C8H19NO/c1-3-4-5-8(9)6-7(2)10/h7-8,10H,3-6,9H2,1-2H3/t7-,8+/m1/s1. The Bertz CT molecular complexity index is 73.7. The number of rotatable bonds is 5. The topological polar surface area (TPSA) is 46.2 Å². The summed E-state index contributed by atoms with van der Waals surface area (Å²) >= 11 is 0. The molecule has 0 aromatic carbocycles. The van der Waals surface area contributed by atoms with E-state index >= 15 is 0 Å². The molecule has 0 radical (unpaired) electrons. The Balaban J connectivity index is 3.16. The second kappa shape index (κ2) is 5.69. The lowest BCUT2D eigenvalue weighted by Gasteiger charge is -2.11. The molecule has 3 N–H and O–H groups in total. The maximum Gasteiger partial charge on any atom is 0.0526 e. The van der Waals surface area contributed by atoms with E-state index in [-0.39, 0.29) is 12.1 Å². The van der Waals surface area contributed by atoms with Gasteiger partial charge in [-0.05, 0) is 19.8 Å². The van der Waals surface area contributed by atoms with Crippen LogP contribution in [0.2, 0.25) is 0 Å². The SMILES string of the molecule is CCCC[C@H](N)C[C@@H](C)O. The lowest BCUT2D eigenvalue weighted by atomic mass is 10.1. The molecule has 0 aromatic heterocycles. The van der Waals surface area contributed by atoms with E-state index in [2.05, 4.69) is 6.92 Å². The van der Waals surface area contributed by atoms with Crippen molar-refractivity contribution in [3.05, 3.63) is 0 Å². The Morgan fingerprint density at radius 1 is 1.50 bits per heavy atom. The number of hydrogen-bond donors (Lipinski definition) is 2. The van der Waals surface area contributed by atoms with Crippen LogP contribution in [0.5, 0.6) is 0 Å². The summed E-state index contributed by atoms with van der Waals surface area (Å²) in [5.41, 5.74) is 5.70. The van der Waals surface area contributed by atoms with E-state index in [0.29, 0.717) is 0 Å². The molecular formula is C8H19NO. The number of nitrogens with two attached hydrogens (primary N) is 1. The second-order valence-corrected chi connectivity index (χ2v) is 2.99. The highest BCUT2D eigenvalue weighted by molar-refractivity contribution is 4.63. The molecule has 0 bridgehead atoms. The molecule has 0 aliphatic carbocycles. The van der Waals surface area contributed by atoms with E-state index in [1.165, 1.54) is 12.8 Å². The molecule has 2 nitrogen and oxygen atoms in total. The quantitative estimate of drug-likeness (QED) is 0.612. The summed E-state index contributed by atoms with van der Waals surface area (Å²) in [6.45, 7) is 3.93. The summed E-state index contributed by atoms with van der Waals surface area (Å²) in [6, 6.07) is 0.194. The first kappa shape index (κ1) is 9.92. The third-order valence-corrected chi connectivity index (χ3v) is 1.57. The Morgan fingerprint density at radius 2 is 2.10 bits per heavy atom. The van der Waals surface area contributed by atoms with Crippen LogP contribution < -0.4 is 5.73 Å². The molecule has 2 heteroatoms. The molecule has 0 heterocycles. The number of aliphatic hydroxyl groups excluding tert-OH is 1. The molecule has 0 amide bonds. The summed E-state index contributed by atoms with van der Waals surface area (Å²) in [6.07, 6.45) is 3.90. The fourth-order valence-corrected chi connectivity index (χ4v) is 1.02. The summed E-state index contributed by atoms with van der Waals surface area (Å²) < 4.78 is 0. The monoisotopic (exact) mass is 145 g/mol. The third-order valence-electron chi connectivity index (χ3n) is 1.57. The van der Waals surface area contributed by atoms with Crippen molar-refractivity contribution in [1.82, 2.24) is 0 Å². The molecular weight excluding hydrogens is 126 g/mol. The molecule has 2 atom stereocenters. The smallest absolute Gasteiger partial charge is 0.0526 e. The van der Waals surface area contributed by atoms with Gasteiger partial charge in [0.2, 0.25) is 0 Å². The summed E-state index contributed by atoms with van der Waals surface area (Å²) in [5, 5.41) is 8.94. The zero-order valence-electron chi connectivity index (χ0n) is 7.01. The zero-order chi connectivity index (χ0) is 7.98. The van der Waals surface area contributed by atoms with Gasteiger partial charge < -0.3 is 10.8 Å². The highest BCUT2D eigenvalue weighted by Crippen LogP contribution is 2.03. The molecule has 0 aliphatic heterocycles. The van der Waals surface area contributed by atoms with Gasteiger partial charge in [-0.3, -0.25) is 0 Å². The average Bonchev–Trinajstić information content (AvgIpc) is 1.82. The second-order valence-electron chi connectivity index (χ2n) is 2.99. The molecule has 0 saturated carbocycles. The van der Waals surface area contributed by atoms with Crippen LogP contribution in [-0.2, 0) is 0 Å². The van der Waals surface area contributed by atoms with Crippen LogP contribution in [-0.4, -0.2) is 17.3 Å². The lowest BCUT2D eigenvalue weighted by Crippen LogP contribution is -2.24. The maximum atomic E-state index is 8.94. The molecule has 0 unspecified atom stereocenters. The minimum absolute atomic E-state index is 0.194. The van der Waals surface area contributed by atoms with Crippen LogP contribution in [0.4, 0.5) is 0 Å². The van der Waals surface area contributed by atoms with E-state index in [1.54, 1.807) is 6.92 Å². The minimum atomic E-state index is -0.244. The van der Waals surface area contributed by atoms with Crippen molar-refractivity contribution < 1.29 is 5.11 Å². The van der Waals surface area contributed by atoms with E-state index in [4.69, 9.17) is 10.8 Å². The van der Waals surface area contributed by atoms with Crippen molar-refractivity contribution in [3.8, 4) is 0 Å². The van der Waals surface area contributed by atoms with Crippen molar-refractivity contribution in [2.45, 2.75) is 51.7 Å². The zero-order valence-corrected chi connectivity index (χ0v) is 7.01. The number of unbranched alkanes of at least 4 members (excludes halogenated alkanes) is 1. The van der Waals surface area contributed by atoms with Gasteiger partial charge in [0.25, 0.3) is 0 Å². The van der Waals surface area contributed by atoms with Crippen molar-refractivity contribution in [1.29, 1.82) is 0 Å². The number of aliphatic hydroxyl groups is 1. The van der Waals surface area contributed by atoms with Gasteiger partial charge in [0.05, 0.1) is 6.10 Å².